The van der Waals surface area contributed by atoms with Gasteiger partial charge in [0.2, 0.25) is 0 Å². The molecule has 0 spiro atoms. The largest absolute Gasteiger partial charge is 0.490 e. The molecule has 0 saturated carbocycles. The standard InChI is InChI=1S/C7H11N3.C2HF3O2/c1-5-2-9-10-7(5)6-3-8-4-6;3-2(4,5)1(6)7/h2,6,8H,3-4H2,1H3,(H,9,10);(H,6,7). The van der Waals surface area contributed by atoms with Crippen molar-refractivity contribution in [3.63, 3.8) is 0 Å². The van der Waals surface area contributed by atoms with Crippen molar-refractivity contribution in [3.8, 4) is 0 Å². The van der Waals surface area contributed by atoms with Gasteiger partial charge in [0.1, 0.15) is 0 Å². The number of nitrogens with one attached hydrogen (secondary N) is 2. The second kappa shape index (κ2) is 5.17. The summed E-state index contributed by atoms with van der Waals surface area (Å²) in [5.74, 6) is -2.07. The van der Waals surface area contributed by atoms with Crippen molar-refractivity contribution in [2.24, 2.45) is 0 Å². The van der Waals surface area contributed by atoms with Crippen LogP contribution in [0.2, 0.25) is 0 Å². The molecule has 2 heterocycles. The lowest BCUT2D eigenvalue weighted by molar-refractivity contribution is -0.192. The molecule has 1 fully saturated rings. The third-order valence-corrected chi connectivity index (χ3v) is 2.30. The van der Waals surface area contributed by atoms with E-state index < -0.39 is 12.1 Å². The fourth-order valence-electron chi connectivity index (χ4n) is 1.26. The molecule has 0 unspecified atom stereocenters. The van der Waals surface area contributed by atoms with E-state index in [9.17, 15) is 13.2 Å². The van der Waals surface area contributed by atoms with Crippen LogP contribution in [0.1, 0.15) is 17.2 Å². The molecule has 3 N–H and O–H groups in total. The number of alkyl halides is 3. The molecule has 1 aliphatic heterocycles. The SMILES string of the molecule is Cc1cn[nH]c1C1CNC1.O=C(O)C(F)(F)F. The van der Waals surface area contributed by atoms with Crippen LogP contribution in [0.25, 0.3) is 0 Å². The van der Waals surface area contributed by atoms with Crippen LogP contribution >= 0.6 is 0 Å². The number of H-pyrrole nitrogens is 1. The Labute approximate surface area is 95.0 Å². The number of aliphatic carboxylic acids is 1. The molecule has 0 atom stereocenters. The second-order valence-corrected chi connectivity index (χ2v) is 3.62. The highest BCUT2D eigenvalue weighted by atomic mass is 19.4. The van der Waals surface area contributed by atoms with Crippen LogP contribution in [0, 0.1) is 6.92 Å². The zero-order valence-corrected chi connectivity index (χ0v) is 9.01. The summed E-state index contributed by atoms with van der Waals surface area (Å²) in [5, 5.41) is 17.3. The Bertz CT molecular complexity index is 385. The monoisotopic (exact) mass is 251 g/mol. The van der Waals surface area contributed by atoms with E-state index in [1.807, 2.05) is 6.20 Å². The molecule has 0 radical (unpaired) electrons. The highest BCUT2D eigenvalue weighted by Gasteiger charge is 2.38. The van der Waals surface area contributed by atoms with Gasteiger partial charge < -0.3 is 10.4 Å². The van der Waals surface area contributed by atoms with Crippen LogP contribution in [0.4, 0.5) is 13.2 Å². The lowest BCUT2D eigenvalue weighted by Gasteiger charge is -2.26. The van der Waals surface area contributed by atoms with Crippen LogP contribution in [-0.4, -0.2) is 40.5 Å². The van der Waals surface area contributed by atoms with E-state index in [0.29, 0.717) is 5.92 Å². The van der Waals surface area contributed by atoms with E-state index in [4.69, 9.17) is 9.90 Å². The molecule has 8 heteroatoms. The van der Waals surface area contributed by atoms with Gasteiger partial charge in [0.05, 0.1) is 6.20 Å². The highest BCUT2D eigenvalue weighted by Crippen LogP contribution is 2.19. The Morgan fingerprint density at radius 1 is 1.53 bits per heavy atom. The minimum Gasteiger partial charge on any atom is -0.475 e. The average Bonchev–Trinajstić information content (AvgIpc) is 2.49. The molecule has 1 aliphatic rings. The Kier molecular flexibility index (Phi) is 4.11. The van der Waals surface area contributed by atoms with Crippen LogP contribution in [0.5, 0.6) is 0 Å². The molecule has 0 amide bonds. The van der Waals surface area contributed by atoms with Crippen molar-refractivity contribution in [2.75, 3.05) is 13.1 Å². The molecule has 0 bridgehead atoms. The van der Waals surface area contributed by atoms with Crippen LogP contribution in [-0.2, 0) is 4.79 Å². The van der Waals surface area contributed by atoms with Gasteiger partial charge in [0.15, 0.2) is 0 Å². The smallest absolute Gasteiger partial charge is 0.475 e. The Hall–Kier alpha value is -1.57. The number of aryl methyl sites for hydroxylation is 1. The van der Waals surface area contributed by atoms with E-state index >= 15 is 0 Å². The van der Waals surface area contributed by atoms with Crippen molar-refractivity contribution in [3.05, 3.63) is 17.5 Å². The summed E-state index contributed by atoms with van der Waals surface area (Å²) in [6.07, 6.45) is -3.20. The zero-order chi connectivity index (χ0) is 13.1. The van der Waals surface area contributed by atoms with Crippen molar-refractivity contribution < 1.29 is 23.1 Å². The number of carbonyl (C=O) groups is 1. The first-order valence-electron chi connectivity index (χ1n) is 4.83. The first-order chi connectivity index (χ1) is 7.82. The third-order valence-electron chi connectivity index (χ3n) is 2.30. The van der Waals surface area contributed by atoms with Crippen molar-refractivity contribution in [1.29, 1.82) is 0 Å². The number of carboxylic acids is 1. The molecule has 1 aromatic rings. The van der Waals surface area contributed by atoms with Crippen molar-refractivity contribution in [1.82, 2.24) is 15.5 Å². The average molecular weight is 251 g/mol. The molecule has 0 aliphatic carbocycles. The molecule has 1 saturated heterocycles. The summed E-state index contributed by atoms with van der Waals surface area (Å²) in [6, 6.07) is 0. The second-order valence-electron chi connectivity index (χ2n) is 3.62. The maximum absolute atomic E-state index is 10.6. The van der Waals surface area contributed by atoms with Crippen LogP contribution < -0.4 is 5.32 Å². The molecule has 0 aromatic carbocycles. The Morgan fingerprint density at radius 3 is 2.29 bits per heavy atom. The molecule has 1 aromatic heterocycles. The van der Waals surface area contributed by atoms with E-state index in [-0.39, 0.29) is 0 Å². The van der Waals surface area contributed by atoms with Gasteiger partial charge in [0.25, 0.3) is 0 Å². The number of hydrogen-bond acceptors (Lipinski definition) is 3. The van der Waals surface area contributed by atoms with Gasteiger partial charge in [-0.05, 0) is 12.5 Å². The molecule has 17 heavy (non-hydrogen) atoms. The maximum atomic E-state index is 10.6. The first-order valence-corrected chi connectivity index (χ1v) is 4.83. The summed E-state index contributed by atoms with van der Waals surface area (Å²) in [5.41, 5.74) is 2.59. The Balaban J connectivity index is 0.000000185. The van der Waals surface area contributed by atoms with Crippen LogP contribution in [0.3, 0.4) is 0 Å². The third kappa shape index (κ3) is 3.74. The highest BCUT2D eigenvalue weighted by molar-refractivity contribution is 5.73. The molecular weight excluding hydrogens is 239 g/mol. The van der Waals surface area contributed by atoms with Crippen molar-refractivity contribution in [2.45, 2.75) is 19.0 Å². The molecule has 96 valence electrons. The normalized spacial score (nSPS) is 15.8. The summed E-state index contributed by atoms with van der Waals surface area (Å²) < 4.78 is 31.7. The predicted octanol–water partition coefficient (Wildman–Crippen LogP) is 1.04. The van der Waals surface area contributed by atoms with Crippen molar-refractivity contribution >= 4 is 5.97 Å². The van der Waals surface area contributed by atoms with Gasteiger partial charge in [-0.3, -0.25) is 5.10 Å². The fraction of sp³-hybridized carbons (Fsp3) is 0.556. The quantitative estimate of drug-likeness (QED) is 0.696. The van der Waals surface area contributed by atoms with E-state index in [1.54, 1.807) is 0 Å². The Morgan fingerprint density at radius 2 is 2.06 bits per heavy atom. The summed E-state index contributed by atoms with van der Waals surface area (Å²) >= 11 is 0. The zero-order valence-electron chi connectivity index (χ0n) is 9.01. The minimum absolute atomic E-state index is 0.683. The summed E-state index contributed by atoms with van der Waals surface area (Å²) in [7, 11) is 0. The molecule has 5 nitrogen and oxygen atoms in total. The lowest BCUT2D eigenvalue weighted by Crippen LogP contribution is -2.40. The molecular formula is C9H12F3N3O2. The maximum Gasteiger partial charge on any atom is 0.490 e. The number of carboxylic acid groups (broad SMARTS) is 1. The summed E-state index contributed by atoms with van der Waals surface area (Å²) in [6.45, 7) is 4.29. The van der Waals surface area contributed by atoms with Gasteiger partial charge in [-0.25, -0.2) is 4.79 Å². The van der Waals surface area contributed by atoms with Gasteiger partial charge in [-0.15, -0.1) is 0 Å². The minimum atomic E-state index is -5.08. The number of aromatic nitrogens is 2. The number of hydrogen-bond donors (Lipinski definition) is 3. The molecule has 2 rings (SSSR count). The fourth-order valence-corrected chi connectivity index (χ4v) is 1.26. The lowest BCUT2D eigenvalue weighted by atomic mass is 9.97. The number of nitrogens with zero attached hydrogens (tertiary/aromatic N) is 1. The first kappa shape index (κ1) is 13.5. The van der Waals surface area contributed by atoms with Gasteiger partial charge in [-0.2, -0.15) is 18.3 Å². The number of rotatable bonds is 1. The number of aromatic amines is 1. The summed E-state index contributed by atoms with van der Waals surface area (Å²) in [4.78, 5) is 8.90. The van der Waals surface area contributed by atoms with E-state index in [1.165, 1.54) is 11.3 Å². The van der Waals surface area contributed by atoms with Crippen LogP contribution in [0.15, 0.2) is 6.20 Å². The van der Waals surface area contributed by atoms with E-state index in [0.717, 1.165) is 13.1 Å². The topological polar surface area (TPSA) is 78.0 Å². The number of halogens is 3. The van der Waals surface area contributed by atoms with E-state index in [2.05, 4.69) is 22.4 Å². The van der Waals surface area contributed by atoms with Gasteiger partial charge in [0, 0.05) is 24.7 Å². The predicted molar refractivity (Wildman–Crippen MR) is 52.6 cm³/mol. The van der Waals surface area contributed by atoms with Gasteiger partial charge in [-0.1, -0.05) is 0 Å². The van der Waals surface area contributed by atoms with Gasteiger partial charge >= 0.3 is 12.1 Å².